The molecule has 0 atom stereocenters. The van der Waals surface area contributed by atoms with Gasteiger partial charge in [-0.15, -0.1) is 23.5 Å². The lowest BCUT2D eigenvalue weighted by atomic mass is 10.4. The van der Waals surface area contributed by atoms with Gasteiger partial charge in [0.05, 0.1) is 4.91 Å². The van der Waals surface area contributed by atoms with Crippen molar-refractivity contribution in [3.63, 3.8) is 0 Å². The van der Waals surface area contributed by atoms with E-state index in [-0.39, 0.29) is 5.71 Å². The number of hydrogen-bond donors (Lipinski definition) is 1. The van der Waals surface area contributed by atoms with Gasteiger partial charge in [-0.3, -0.25) is 0 Å². The lowest BCUT2D eigenvalue weighted by molar-refractivity contribution is -0.129. The van der Waals surface area contributed by atoms with Gasteiger partial charge in [0.1, 0.15) is 7.11 Å². The van der Waals surface area contributed by atoms with Crippen LogP contribution >= 0.6 is 23.5 Å². The smallest absolute Gasteiger partial charge is 0.359 e. The number of nitrogens with zero attached hydrogens (tertiary/aromatic N) is 1. The van der Waals surface area contributed by atoms with Crippen LogP contribution in [-0.2, 0) is 9.63 Å². The third-order valence-corrected chi connectivity index (χ3v) is 3.55. The van der Waals surface area contributed by atoms with Gasteiger partial charge in [0.15, 0.2) is 0 Å². The van der Waals surface area contributed by atoms with Crippen LogP contribution in [0.1, 0.15) is 0 Å². The molecule has 0 bridgehead atoms. The molecule has 0 saturated heterocycles. The summed E-state index contributed by atoms with van der Waals surface area (Å²) < 4.78 is 0. The van der Waals surface area contributed by atoms with Gasteiger partial charge in [0, 0.05) is 11.5 Å². The third kappa shape index (κ3) is 2.96. The maximum absolute atomic E-state index is 10.7. The van der Waals surface area contributed by atoms with Crippen LogP contribution in [0.5, 0.6) is 0 Å². The number of thioether (sulfide) groups is 2. The minimum atomic E-state index is -1.05. The van der Waals surface area contributed by atoms with Crippen LogP contribution in [0, 0.1) is 0 Å². The molecule has 1 N–H and O–H groups in total. The van der Waals surface area contributed by atoms with Crippen molar-refractivity contribution in [1.82, 2.24) is 0 Å². The first-order valence-corrected chi connectivity index (χ1v) is 5.58. The third-order valence-electron chi connectivity index (χ3n) is 1.27. The van der Waals surface area contributed by atoms with Crippen molar-refractivity contribution in [3.05, 3.63) is 10.3 Å². The molecule has 13 heavy (non-hydrogen) atoms. The maximum Gasteiger partial charge on any atom is 0.359 e. The Labute approximate surface area is 84.4 Å². The van der Waals surface area contributed by atoms with Crippen LogP contribution in [0.3, 0.4) is 0 Å². The quantitative estimate of drug-likeness (QED) is 0.574. The Kier molecular flexibility index (Phi) is 4.17. The molecule has 1 aliphatic heterocycles. The van der Waals surface area contributed by atoms with Crippen molar-refractivity contribution in [2.75, 3.05) is 18.6 Å². The summed E-state index contributed by atoms with van der Waals surface area (Å²) in [5.41, 5.74) is -0.0142. The molecule has 0 radical (unpaired) electrons. The first kappa shape index (κ1) is 10.5. The second-order valence-electron chi connectivity index (χ2n) is 2.13. The van der Waals surface area contributed by atoms with E-state index in [1.54, 1.807) is 17.2 Å². The van der Waals surface area contributed by atoms with Crippen LogP contribution in [0.2, 0.25) is 0 Å². The topological polar surface area (TPSA) is 58.9 Å². The lowest BCUT2D eigenvalue weighted by Crippen LogP contribution is -2.16. The highest BCUT2D eigenvalue weighted by Gasteiger charge is 2.18. The summed E-state index contributed by atoms with van der Waals surface area (Å²) in [4.78, 5) is 15.8. The average Bonchev–Trinajstić information content (AvgIpc) is 2.15. The molecule has 1 heterocycles. The number of aliphatic carboxylic acids is 1. The lowest BCUT2D eigenvalue weighted by Gasteiger charge is -2.10. The van der Waals surface area contributed by atoms with E-state index in [1.807, 2.05) is 0 Å². The zero-order valence-electron chi connectivity index (χ0n) is 7.02. The molecule has 1 rings (SSSR count). The summed E-state index contributed by atoms with van der Waals surface area (Å²) in [5, 5.41) is 14.1. The Balaban J connectivity index is 2.80. The van der Waals surface area contributed by atoms with E-state index in [2.05, 4.69) is 9.99 Å². The first-order chi connectivity index (χ1) is 6.25. The highest BCUT2D eigenvalue weighted by Crippen LogP contribution is 2.27. The average molecular weight is 219 g/mol. The van der Waals surface area contributed by atoms with Crippen LogP contribution in [-0.4, -0.2) is 35.4 Å². The largest absolute Gasteiger partial charge is 0.476 e. The molecule has 0 saturated carbocycles. The monoisotopic (exact) mass is 219 g/mol. The van der Waals surface area contributed by atoms with E-state index in [4.69, 9.17) is 5.11 Å². The number of hydrogen-bond acceptors (Lipinski definition) is 5. The predicted molar refractivity (Wildman–Crippen MR) is 55.1 cm³/mol. The van der Waals surface area contributed by atoms with Crippen LogP contribution in [0.15, 0.2) is 15.5 Å². The van der Waals surface area contributed by atoms with Gasteiger partial charge in [0.2, 0.25) is 5.71 Å². The van der Waals surface area contributed by atoms with E-state index >= 15 is 0 Å². The van der Waals surface area contributed by atoms with Crippen molar-refractivity contribution in [1.29, 1.82) is 0 Å². The molecular formula is C7H9NO3S2. The molecule has 0 spiro atoms. The molecule has 6 heteroatoms. The van der Waals surface area contributed by atoms with E-state index in [1.165, 1.54) is 18.9 Å². The highest BCUT2D eigenvalue weighted by molar-refractivity contribution is 8.10. The Bertz CT molecular complexity index is 262. The summed E-state index contributed by atoms with van der Waals surface area (Å²) in [5.74, 6) is 0.865. The van der Waals surface area contributed by atoms with Gasteiger partial charge < -0.3 is 9.94 Å². The van der Waals surface area contributed by atoms with Gasteiger partial charge in [0.25, 0.3) is 0 Å². The van der Waals surface area contributed by atoms with Crippen molar-refractivity contribution in [2.45, 2.75) is 0 Å². The predicted octanol–water partition coefficient (Wildman–Crippen LogP) is 1.39. The fourth-order valence-electron chi connectivity index (χ4n) is 0.773. The molecule has 0 aromatic rings. The second-order valence-corrected chi connectivity index (χ2v) is 4.24. The molecule has 0 fully saturated rings. The molecule has 72 valence electrons. The summed E-state index contributed by atoms with van der Waals surface area (Å²) in [6.45, 7) is 0. The number of carboxylic acid groups (broad SMARTS) is 1. The van der Waals surface area contributed by atoms with Crippen LogP contribution in [0.25, 0.3) is 0 Å². The molecule has 4 nitrogen and oxygen atoms in total. The van der Waals surface area contributed by atoms with Crippen molar-refractivity contribution >= 4 is 35.2 Å². The molecule has 0 aromatic carbocycles. The van der Waals surface area contributed by atoms with Crippen molar-refractivity contribution < 1.29 is 14.7 Å². The normalized spacial score (nSPS) is 17.9. The SMILES string of the molecule is CO/N=C(/C(=O)O)C1=CSCCS1. The van der Waals surface area contributed by atoms with E-state index < -0.39 is 5.97 Å². The highest BCUT2D eigenvalue weighted by atomic mass is 32.2. The van der Waals surface area contributed by atoms with Gasteiger partial charge in [-0.25, -0.2) is 4.79 Å². The Hall–Kier alpha value is -0.620. The second kappa shape index (κ2) is 5.18. The number of rotatable bonds is 3. The van der Waals surface area contributed by atoms with E-state index in [0.717, 1.165) is 11.5 Å². The fourth-order valence-corrected chi connectivity index (χ4v) is 2.83. The molecule has 0 aliphatic carbocycles. The minimum Gasteiger partial charge on any atom is -0.476 e. The standard InChI is InChI=1S/C7H9NO3S2/c1-11-8-6(7(9)10)5-4-12-2-3-13-5/h4H,2-3H2,1H3,(H,9,10)/b8-6+. The molecule has 1 aliphatic rings. The van der Waals surface area contributed by atoms with Gasteiger partial charge >= 0.3 is 5.97 Å². The molecule has 0 aromatic heterocycles. The molecular weight excluding hydrogens is 210 g/mol. The van der Waals surface area contributed by atoms with E-state index in [0.29, 0.717) is 4.91 Å². The number of oxime groups is 1. The van der Waals surface area contributed by atoms with Gasteiger partial charge in [-0.05, 0) is 5.41 Å². The van der Waals surface area contributed by atoms with Crippen LogP contribution < -0.4 is 0 Å². The minimum absolute atomic E-state index is 0.0142. The van der Waals surface area contributed by atoms with Gasteiger partial charge in [-0.1, -0.05) is 5.16 Å². The Morgan fingerprint density at radius 2 is 2.46 bits per heavy atom. The number of carboxylic acids is 1. The van der Waals surface area contributed by atoms with Crippen molar-refractivity contribution in [3.8, 4) is 0 Å². The first-order valence-electron chi connectivity index (χ1n) is 3.55. The summed E-state index contributed by atoms with van der Waals surface area (Å²) in [6, 6.07) is 0. The van der Waals surface area contributed by atoms with Crippen LogP contribution in [0.4, 0.5) is 0 Å². The van der Waals surface area contributed by atoms with Gasteiger partial charge in [-0.2, -0.15) is 0 Å². The summed E-state index contributed by atoms with van der Waals surface area (Å²) in [7, 11) is 1.34. The molecule has 0 amide bonds. The zero-order valence-corrected chi connectivity index (χ0v) is 8.65. The summed E-state index contributed by atoms with van der Waals surface area (Å²) in [6.07, 6.45) is 0. The zero-order chi connectivity index (χ0) is 9.68. The Morgan fingerprint density at radius 3 is 2.92 bits per heavy atom. The number of carbonyl (C=O) groups is 1. The molecule has 0 unspecified atom stereocenters. The maximum atomic E-state index is 10.7. The van der Waals surface area contributed by atoms with E-state index in [9.17, 15) is 4.79 Å². The summed E-state index contributed by atoms with van der Waals surface area (Å²) >= 11 is 3.08. The Morgan fingerprint density at radius 1 is 1.69 bits per heavy atom. The van der Waals surface area contributed by atoms with Crippen molar-refractivity contribution in [2.24, 2.45) is 5.16 Å². The fraction of sp³-hybridized carbons (Fsp3) is 0.429.